The zero-order valence-electron chi connectivity index (χ0n) is 13.8. The molecule has 0 atom stereocenters. The highest BCUT2D eigenvalue weighted by molar-refractivity contribution is 5.91. The van der Waals surface area contributed by atoms with Crippen LogP contribution >= 0.6 is 0 Å². The fourth-order valence-electron chi connectivity index (χ4n) is 2.33. The third-order valence-electron chi connectivity index (χ3n) is 3.49. The molecule has 4 nitrogen and oxygen atoms in total. The summed E-state index contributed by atoms with van der Waals surface area (Å²) in [6.45, 7) is 9.99. The van der Waals surface area contributed by atoms with Gasteiger partial charge in [-0.3, -0.25) is 4.79 Å². The number of nitrogens with one attached hydrogen (secondary N) is 2. The van der Waals surface area contributed by atoms with Crippen molar-refractivity contribution >= 4 is 23.1 Å². The van der Waals surface area contributed by atoms with Gasteiger partial charge in [0.15, 0.2) is 0 Å². The smallest absolute Gasteiger partial charge is 0.228 e. The van der Waals surface area contributed by atoms with E-state index in [9.17, 15) is 4.79 Å². The van der Waals surface area contributed by atoms with E-state index in [1.165, 1.54) is 16.7 Å². The molecule has 22 heavy (non-hydrogen) atoms. The average molecular weight is 297 g/mol. The first-order valence-corrected chi connectivity index (χ1v) is 7.48. The second-order valence-corrected chi connectivity index (χ2v) is 5.97. The van der Waals surface area contributed by atoms with E-state index in [4.69, 9.17) is 0 Å². The number of hydrogen-bond donors (Lipinski definition) is 2. The minimum atomic E-state index is -0.0579. The molecule has 4 heteroatoms. The lowest BCUT2D eigenvalue weighted by molar-refractivity contribution is -0.118. The van der Waals surface area contributed by atoms with Gasteiger partial charge in [-0.05, 0) is 44.0 Å². The summed E-state index contributed by atoms with van der Waals surface area (Å²) in [5, 5.41) is 6.18. The maximum Gasteiger partial charge on any atom is 0.228 e. The summed E-state index contributed by atoms with van der Waals surface area (Å²) in [6.07, 6.45) is 1.73. The Balaban J connectivity index is 2.14. The minimum Gasteiger partial charge on any atom is -0.354 e. The van der Waals surface area contributed by atoms with Gasteiger partial charge in [0.2, 0.25) is 5.91 Å². The summed E-state index contributed by atoms with van der Waals surface area (Å²) in [5.41, 5.74) is 5.67. The van der Waals surface area contributed by atoms with Crippen LogP contribution in [0.3, 0.4) is 0 Å². The van der Waals surface area contributed by atoms with Crippen molar-refractivity contribution < 1.29 is 4.79 Å². The summed E-state index contributed by atoms with van der Waals surface area (Å²) < 4.78 is 0. The van der Waals surface area contributed by atoms with Crippen molar-refractivity contribution in [3.8, 4) is 0 Å². The van der Waals surface area contributed by atoms with E-state index in [2.05, 4.69) is 48.5 Å². The molecule has 0 radical (unpaired) electrons. The Kier molecular flexibility index (Phi) is 4.81. The Morgan fingerprint density at radius 2 is 1.73 bits per heavy atom. The number of hydrogen-bond acceptors (Lipinski definition) is 3. The van der Waals surface area contributed by atoms with Gasteiger partial charge in [-0.25, -0.2) is 4.98 Å². The van der Waals surface area contributed by atoms with Crippen LogP contribution in [0.15, 0.2) is 30.5 Å². The Labute approximate surface area is 132 Å². The second-order valence-electron chi connectivity index (χ2n) is 5.97. The lowest BCUT2D eigenvalue weighted by atomic mass is 10.0. The van der Waals surface area contributed by atoms with Crippen LogP contribution in [0.1, 0.15) is 30.5 Å². The molecule has 1 aromatic heterocycles. The monoisotopic (exact) mass is 297 g/mol. The van der Waals surface area contributed by atoms with E-state index in [-0.39, 0.29) is 11.8 Å². The molecule has 0 saturated carbocycles. The molecule has 2 rings (SSSR count). The number of nitrogens with zero attached hydrogens (tertiary/aromatic N) is 1. The van der Waals surface area contributed by atoms with Gasteiger partial charge in [-0.2, -0.15) is 0 Å². The number of aromatic nitrogens is 1. The summed E-state index contributed by atoms with van der Waals surface area (Å²) in [7, 11) is 0. The normalized spacial score (nSPS) is 10.6. The lowest BCUT2D eigenvalue weighted by Gasteiger charge is -2.14. The Morgan fingerprint density at radius 1 is 1.09 bits per heavy atom. The van der Waals surface area contributed by atoms with Crippen molar-refractivity contribution in [1.29, 1.82) is 0 Å². The van der Waals surface area contributed by atoms with E-state index in [0.717, 1.165) is 11.4 Å². The zero-order valence-corrected chi connectivity index (χ0v) is 13.8. The topological polar surface area (TPSA) is 54.0 Å². The van der Waals surface area contributed by atoms with Gasteiger partial charge in [0.05, 0.1) is 11.9 Å². The summed E-state index contributed by atoms with van der Waals surface area (Å²) >= 11 is 0. The summed E-state index contributed by atoms with van der Waals surface area (Å²) in [4.78, 5) is 15.9. The molecule has 0 bridgehead atoms. The molecular formula is C18H23N3O. The van der Waals surface area contributed by atoms with Crippen LogP contribution in [0, 0.1) is 26.7 Å². The quantitative estimate of drug-likeness (QED) is 0.882. The zero-order chi connectivity index (χ0) is 16.3. The van der Waals surface area contributed by atoms with Crippen molar-refractivity contribution in [1.82, 2.24) is 4.98 Å². The molecule has 116 valence electrons. The van der Waals surface area contributed by atoms with Crippen molar-refractivity contribution in [3.05, 3.63) is 47.2 Å². The van der Waals surface area contributed by atoms with Crippen molar-refractivity contribution in [3.63, 3.8) is 0 Å². The van der Waals surface area contributed by atoms with Crippen LogP contribution in [-0.2, 0) is 4.79 Å². The number of benzene rings is 1. The predicted octanol–water partition coefficient (Wildman–Crippen LogP) is 4.34. The maximum atomic E-state index is 11.6. The fraction of sp³-hybridized carbons (Fsp3) is 0.333. The highest BCUT2D eigenvalue weighted by Crippen LogP contribution is 2.25. The summed E-state index contributed by atoms with van der Waals surface area (Å²) in [6, 6.07) is 8.03. The first kappa shape index (κ1) is 16.0. The van der Waals surface area contributed by atoms with Gasteiger partial charge >= 0.3 is 0 Å². The molecule has 1 amide bonds. The highest BCUT2D eigenvalue weighted by atomic mass is 16.1. The molecule has 0 unspecified atom stereocenters. The first-order chi connectivity index (χ1) is 10.4. The molecule has 0 aliphatic carbocycles. The highest BCUT2D eigenvalue weighted by Gasteiger charge is 2.08. The number of aryl methyl sites for hydroxylation is 3. The largest absolute Gasteiger partial charge is 0.354 e. The van der Waals surface area contributed by atoms with E-state index in [1.54, 1.807) is 6.20 Å². The maximum absolute atomic E-state index is 11.6. The van der Waals surface area contributed by atoms with Crippen LogP contribution in [0.2, 0.25) is 0 Å². The van der Waals surface area contributed by atoms with Crippen molar-refractivity contribution in [2.45, 2.75) is 34.6 Å². The molecule has 0 aliphatic rings. The van der Waals surface area contributed by atoms with Gasteiger partial charge in [0.25, 0.3) is 0 Å². The third-order valence-corrected chi connectivity index (χ3v) is 3.49. The fourth-order valence-corrected chi connectivity index (χ4v) is 2.33. The SMILES string of the molecule is Cc1cc(C)c(Nc2ccc(NC(=O)C(C)C)nc2)c(C)c1. The number of carbonyl (C=O) groups excluding carboxylic acids is 1. The Morgan fingerprint density at radius 3 is 2.23 bits per heavy atom. The minimum absolute atomic E-state index is 0.0292. The summed E-state index contributed by atoms with van der Waals surface area (Å²) in [5.74, 6) is 0.484. The van der Waals surface area contributed by atoms with Crippen LogP contribution in [0.4, 0.5) is 17.2 Å². The van der Waals surface area contributed by atoms with Gasteiger partial charge < -0.3 is 10.6 Å². The van der Waals surface area contributed by atoms with E-state index >= 15 is 0 Å². The van der Waals surface area contributed by atoms with Gasteiger partial charge in [-0.15, -0.1) is 0 Å². The molecule has 0 saturated heterocycles. The van der Waals surface area contributed by atoms with Crippen molar-refractivity contribution in [2.24, 2.45) is 5.92 Å². The van der Waals surface area contributed by atoms with Crippen LogP contribution < -0.4 is 10.6 Å². The molecular weight excluding hydrogens is 274 g/mol. The first-order valence-electron chi connectivity index (χ1n) is 7.48. The van der Waals surface area contributed by atoms with Gasteiger partial charge in [0.1, 0.15) is 5.82 Å². The number of rotatable bonds is 4. The number of carbonyl (C=O) groups is 1. The standard InChI is InChI=1S/C18H23N3O/c1-11(2)18(22)21-16-7-6-15(10-19-16)20-17-13(4)8-12(3)9-14(17)5/h6-11,20H,1-5H3,(H,19,21,22). The molecule has 2 aromatic rings. The van der Waals surface area contributed by atoms with Gasteiger partial charge in [-0.1, -0.05) is 31.5 Å². The van der Waals surface area contributed by atoms with E-state index in [0.29, 0.717) is 5.82 Å². The lowest BCUT2D eigenvalue weighted by Crippen LogP contribution is -2.18. The molecule has 0 spiro atoms. The number of anilines is 3. The second kappa shape index (κ2) is 6.60. The Hall–Kier alpha value is -2.36. The average Bonchev–Trinajstić information content (AvgIpc) is 2.44. The molecule has 0 aliphatic heterocycles. The molecule has 0 fully saturated rings. The van der Waals surface area contributed by atoms with Crippen molar-refractivity contribution in [2.75, 3.05) is 10.6 Å². The number of pyridine rings is 1. The van der Waals surface area contributed by atoms with Crippen LogP contribution in [0.5, 0.6) is 0 Å². The Bertz CT molecular complexity index is 652. The molecule has 1 heterocycles. The third kappa shape index (κ3) is 3.85. The molecule has 1 aromatic carbocycles. The van der Waals surface area contributed by atoms with E-state index < -0.39 is 0 Å². The van der Waals surface area contributed by atoms with Crippen LogP contribution in [-0.4, -0.2) is 10.9 Å². The van der Waals surface area contributed by atoms with E-state index in [1.807, 2.05) is 26.0 Å². The number of amides is 1. The van der Waals surface area contributed by atoms with Crippen LogP contribution in [0.25, 0.3) is 0 Å². The van der Waals surface area contributed by atoms with Gasteiger partial charge in [0, 0.05) is 11.6 Å². The predicted molar refractivity (Wildman–Crippen MR) is 91.6 cm³/mol. The molecule has 2 N–H and O–H groups in total.